The predicted molar refractivity (Wildman–Crippen MR) is 200 cm³/mol. The van der Waals surface area contributed by atoms with E-state index >= 15 is 0 Å². The molecule has 48 heavy (non-hydrogen) atoms. The number of aryl methyl sites for hydroxylation is 1. The third-order valence-electron chi connectivity index (χ3n) is 8.84. The van der Waals surface area contributed by atoms with Gasteiger partial charge in [0.25, 0.3) is 0 Å². The zero-order valence-electron chi connectivity index (χ0n) is 27.6. The van der Waals surface area contributed by atoms with Crippen LogP contribution in [0.5, 0.6) is 0 Å². The van der Waals surface area contributed by atoms with Gasteiger partial charge >= 0.3 is 0 Å². The number of nitrogens with zero attached hydrogens (tertiary/aromatic N) is 4. The van der Waals surface area contributed by atoms with Crippen molar-refractivity contribution in [2.75, 3.05) is 0 Å². The molecule has 2 heterocycles. The van der Waals surface area contributed by atoms with E-state index in [4.69, 9.17) is 19.9 Å². The molecule has 2 atom stereocenters. The van der Waals surface area contributed by atoms with Crippen LogP contribution in [0.2, 0.25) is 0 Å². The quantitative estimate of drug-likeness (QED) is 0.162. The van der Waals surface area contributed by atoms with E-state index in [-0.39, 0.29) is 0 Å². The summed E-state index contributed by atoms with van der Waals surface area (Å²) in [6.07, 6.45) is 22.7. The first kappa shape index (κ1) is 30.9. The molecule has 5 aromatic rings. The number of fused-ring (bicyclic) bond motifs is 1. The van der Waals surface area contributed by atoms with E-state index in [1.54, 1.807) is 0 Å². The molecule has 2 unspecified atom stereocenters. The first-order chi connectivity index (χ1) is 23.6. The standard InChI is InChI=1S/C44H38N4/c1-4-6-14-31(5-2)42-46-43(35-16-8-7-9-17-35)48-44(47-42)40-28-38(33-20-23-34(24-21-33)41-19-12-13-30(3)45-41)27-39(29-40)37-25-22-32-15-10-11-18-36(32)26-37/h4,6-29,32,36H,5H2,1-3H3/b6-4-,31-14+. The molecule has 4 heteroatoms. The van der Waals surface area contributed by atoms with Gasteiger partial charge in [0.05, 0.1) is 5.69 Å². The van der Waals surface area contributed by atoms with Crippen molar-refractivity contribution in [3.63, 3.8) is 0 Å². The molecule has 0 bridgehead atoms. The van der Waals surface area contributed by atoms with Gasteiger partial charge in [0.15, 0.2) is 17.5 Å². The average Bonchev–Trinajstić information content (AvgIpc) is 3.15. The van der Waals surface area contributed by atoms with Gasteiger partial charge < -0.3 is 0 Å². The Kier molecular flexibility index (Phi) is 8.97. The van der Waals surface area contributed by atoms with Gasteiger partial charge in [-0.25, -0.2) is 15.0 Å². The first-order valence-electron chi connectivity index (χ1n) is 16.7. The van der Waals surface area contributed by atoms with Gasteiger partial charge in [0.1, 0.15) is 0 Å². The van der Waals surface area contributed by atoms with E-state index in [0.717, 1.165) is 56.8 Å². The number of hydrogen-bond acceptors (Lipinski definition) is 4. The molecule has 0 amide bonds. The minimum absolute atomic E-state index is 0.334. The molecule has 7 rings (SSSR count). The molecule has 234 valence electrons. The van der Waals surface area contributed by atoms with Crippen molar-refractivity contribution in [3.8, 4) is 45.2 Å². The average molecular weight is 623 g/mol. The summed E-state index contributed by atoms with van der Waals surface area (Å²) in [5.41, 5.74) is 10.6. The Balaban J connectivity index is 1.39. The summed E-state index contributed by atoms with van der Waals surface area (Å²) < 4.78 is 0. The summed E-state index contributed by atoms with van der Waals surface area (Å²) in [6.45, 7) is 6.18. The SMILES string of the molecule is C/C=C\C=C(/CC)c1nc(-c2ccccc2)nc(-c2cc(C3=CC4C=CC=CC4C=C3)cc(-c3ccc(-c4cccc(C)n4)cc3)c2)n1. The van der Waals surface area contributed by atoms with E-state index in [1.807, 2.05) is 50.3 Å². The van der Waals surface area contributed by atoms with Crippen LogP contribution in [-0.4, -0.2) is 19.9 Å². The second-order valence-electron chi connectivity index (χ2n) is 12.2. The fraction of sp³-hybridized carbons (Fsp3) is 0.136. The van der Waals surface area contributed by atoms with Crippen LogP contribution in [0.15, 0.2) is 152 Å². The summed E-state index contributed by atoms with van der Waals surface area (Å²) in [5.74, 6) is 2.73. The van der Waals surface area contributed by atoms with Gasteiger partial charge in [-0.3, -0.25) is 4.98 Å². The van der Waals surface area contributed by atoms with Crippen LogP contribution >= 0.6 is 0 Å². The van der Waals surface area contributed by atoms with Crippen molar-refractivity contribution in [1.29, 1.82) is 0 Å². The molecule has 2 aromatic heterocycles. The lowest BCUT2D eigenvalue weighted by Gasteiger charge is -2.23. The Morgan fingerprint density at radius 3 is 2.10 bits per heavy atom. The van der Waals surface area contributed by atoms with Gasteiger partial charge in [-0.1, -0.05) is 128 Å². The lowest BCUT2D eigenvalue weighted by molar-refractivity contribution is 0.663. The van der Waals surface area contributed by atoms with Crippen molar-refractivity contribution in [3.05, 3.63) is 169 Å². The maximum Gasteiger partial charge on any atom is 0.164 e. The Labute approximate surface area is 283 Å². The zero-order valence-corrected chi connectivity index (χ0v) is 27.6. The van der Waals surface area contributed by atoms with E-state index in [0.29, 0.717) is 29.3 Å². The molecular weight excluding hydrogens is 585 g/mol. The molecule has 2 aliphatic rings. The highest BCUT2D eigenvalue weighted by molar-refractivity contribution is 5.84. The normalized spacial score (nSPS) is 17.1. The van der Waals surface area contributed by atoms with E-state index < -0.39 is 0 Å². The molecule has 0 aliphatic heterocycles. The van der Waals surface area contributed by atoms with Crippen LogP contribution in [0.3, 0.4) is 0 Å². The highest BCUT2D eigenvalue weighted by Crippen LogP contribution is 2.36. The number of rotatable bonds is 8. The van der Waals surface area contributed by atoms with Gasteiger partial charge in [-0.15, -0.1) is 0 Å². The van der Waals surface area contributed by atoms with Crippen molar-refractivity contribution in [1.82, 2.24) is 19.9 Å². The van der Waals surface area contributed by atoms with E-state index in [2.05, 4.69) is 122 Å². The summed E-state index contributed by atoms with van der Waals surface area (Å²) in [4.78, 5) is 19.9. The molecule has 4 nitrogen and oxygen atoms in total. The van der Waals surface area contributed by atoms with Crippen molar-refractivity contribution in [2.24, 2.45) is 11.8 Å². The monoisotopic (exact) mass is 622 g/mol. The van der Waals surface area contributed by atoms with Crippen molar-refractivity contribution in [2.45, 2.75) is 27.2 Å². The highest BCUT2D eigenvalue weighted by atomic mass is 15.0. The molecule has 0 radical (unpaired) electrons. The number of aromatic nitrogens is 4. The smallest absolute Gasteiger partial charge is 0.164 e. The lowest BCUT2D eigenvalue weighted by Crippen LogP contribution is -2.11. The fourth-order valence-corrected chi connectivity index (χ4v) is 6.23. The molecule has 0 fully saturated rings. The van der Waals surface area contributed by atoms with Gasteiger partial charge in [-0.2, -0.15) is 0 Å². The third-order valence-corrected chi connectivity index (χ3v) is 8.84. The van der Waals surface area contributed by atoms with Crippen molar-refractivity contribution >= 4 is 11.1 Å². The van der Waals surface area contributed by atoms with E-state index in [9.17, 15) is 0 Å². The Morgan fingerprint density at radius 1 is 0.646 bits per heavy atom. The Hall–Kier alpha value is -5.74. The van der Waals surface area contributed by atoms with Crippen molar-refractivity contribution < 1.29 is 0 Å². The Morgan fingerprint density at radius 2 is 1.35 bits per heavy atom. The van der Waals surface area contributed by atoms with Gasteiger partial charge in [0, 0.05) is 34.2 Å². The summed E-state index contributed by atoms with van der Waals surface area (Å²) in [6, 6.07) is 31.7. The second-order valence-corrected chi connectivity index (χ2v) is 12.2. The summed E-state index contributed by atoms with van der Waals surface area (Å²) >= 11 is 0. The molecule has 0 spiro atoms. The molecule has 0 N–H and O–H groups in total. The number of benzene rings is 3. The summed E-state index contributed by atoms with van der Waals surface area (Å²) in [5, 5.41) is 0. The second kappa shape index (κ2) is 13.9. The maximum atomic E-state index is 5.11. The van der Waals surface area contributed by atoms with Crippen LogP contribution in [0.4, 0.5) is 0 Å². The molecule has 2 aliphatic carbocycles. The van der Waals surface area contributed by atoms with Gasteiger partial charge in [0.2, 0.25) is 0 Å². The van der Waals surface area contributed by atoms with Crippen LogP contribution in [0, 0.1) is 18.8 Å². The minimum Gasteiger partial charge on any atom is -0.253 e. The fourth-order valence-electron chi connectivity index (χ4n) is 6.23. The number of pyridine rings is 1. The minimum atomic E-state index is 0.334. The molecule has 0 saturated heterocycles. The predicted octanol–water partition coefficient (Wildman–Crippen LogP) is 10.9. The van der Waals surface area contributed by atoms with Gasteiger partial charge in [-0.05, 0) is 78.4 Å². The number of hydrogen-bond donors (Lipinski definition) is 0. The Bertz CT molecular complexity index is 2130. The summed E-state index contributed by atoms with van der Waals surface area (Å²) in [7, 11) is 0. The lowest BCUT2D eigenvalue weighted by atomic mass is 9.81. The highest BCUT2D eigenvalue weighted by Gasteiger charge is 2.20. The van der Waals surface area contributed by atoms with Crippen LogP contribution in [-0.2, 0) is 0 Å². The molecular formula is C44H38N4. The number of allylic oxidation sites excluding steroid dienone is 12. The van der Waals surface area contributed by atoms with Crippen LogP contribution in [0.1, 0.15) is 37.4 Å². The molecule has 0 saturated carbocycles. The zero-order chi connectivity index (χ0) is 32.9. The topological polar surface area (TPSA) is 51.6 Å². The van der Waals surface area contributed by atoms with E-state index in [1.165, 1.54) is 5.57 Å². The molecule has 3 aromatic carbocycles. The first-order valence-corrected chi connectivity index (χ1v) is 16.7. The van der Waals surface area contributed by atoms with Crippen LogP contribution in [0.25, 0.3) is 56.3 Å². The third kappa shape index (κ3) is 6.70. The largest absolute Gasteiger partial charge is 0.253 e. The van der Waals surface area contributed by atoms with Crippen LogP contribution < -0.4 is 0 Å². The maximum absolute atomic E-state index is 5.11.